The summed E-state index contributed by atoms with van der Waals surface area (Å²) < 4.78 is 0. The fourth-order valence-electron chi connectivity index (χ4n) is 2.62. The summed E-state index contributed by atoms with van der Waals surface area (Å²) in [5.74, 6) is 0.431. The summed E-state index contributed by atoms with van der Waals surface area (Å²) in [6.07, 6.45) is 17.6. The molecule has 0 bridgehead atoms. The van der Waals surface area contributed by atoms with Crippen molar-refractivity contribution in [1.29, 1.82) is 0 Å². The van der Waals surface area contributed by atoms with Crippen molar-refractivity contribution in [3.63, 3.8) is 0 Å². The normalized spacial score (nSPS) is 21.6. The minimum atomic E-state index is 0. The van der Waals surface area contributed by atoms with Crippen LogP contribution in [0.4, 0.5) is 0 Å². The van der Waals surface area contributed by atoms with Gasteiger partial charge in [-0.2, -0.15) is 6.08 Å². The molecule has 1 aromatic carbocycles. The number of hydrogen-bond donors (Lipinski definition) is 0. The topological polar surface area (TPSA) is 0 Å². The van der Waals surface area contributed by atoms with Crippen LogP contribution in [-0.2, 0) is 16.8 Å². The number of fused-ring (bicyclic) bond motifs is 1. The summed E-state index contributed by atoms with van der Waals surface area (Å²) in [5.41, 5.74) is 4.15. The van der Waals surface area contributed by atoms with Gasteiger partial charge in [0.15, 0.2) is 0 Å². The molecule has 1 aromatic rings. The molecule has 2 aliphatic carbocycles. The van der Waals surface area contributed by atoms with Gasteiger partial charge in [-0.05, 0) is 17.0 Å². The molecule has 3 rings (SSSR count). The van der Waals surface area contributed by atoms with Crippen LogP contribution in [0.5, 0.6) is 0 Å². The van der Waals surface area contributed by atoms with Crippen molar-refractivity contribution in [1.82, 2.24) is 0 Å². The molecule has 0 aromatic heterocycles. The second-order valence-corrected chi connectivity index (χ2v) is 4.75. The summed E-state index contributed by atoms with van der Waals surface area (Å²) >= 11 is 0. The molecule has 0 spiro atoms. The molecule has 18 heavy (non-hydrogen) atoms. The first kappa shape index (κ1) is 13.4. The van der Waals surface area contributed by atoms with Gasteiger partial charge in [-0.1, -0.05) is 55.7 Å². The van der Waals surface area contributed by atoms with Gasteiger partial charge in [0.2, 0.25) is 0 Å². The molecule has 2 aliphatic rings. The van der Waals surface area contributed by atoms with Gasteiger partial charge in [0.05, 0.1) is 0 Å². The zero-order chi connectivity index (χ0) is 11.5. The standard InChI is InChI=1S/C17H17.Co/c1-2-4-8-14(9-5-3-1)17-13-12-15-10-6-7-11-16(15)17;/h4,6-8,10-13,17H,1-3,5H2;/q-1;. The zero-order valence-electron chi connectivity index (χ0n) is 10.4. The van der Waals surface area contributed by atoms with Gasteiger partial charge in [-0.15, -0.1) is 6.42 Å². The third kappa shape index (κ3) is 2.68. The van der Waals surface area contributed by atoms with E-state index < -0.39 is 0 Å². The van der Waals surface area contributed by atoms with E-state index in [0.29, 0.717) is 5.92 Å². The smallest absolute Gasteiger partial charge is 0 e. The molecule has 0 saturated carbocycles. The molecule has 0 saturated heterocycles. The van der Waals surface area contributed by atoms with Crippen molar-refractivity contribution in [2.75, 3.05) is 0 Å². The molecular weight excluding hydrogens is 263 g/mol. The average molecular weight is 280 g/mol. The molecule has 0 nitrogen and oxygen atoms in total. The molecule has 0 N–H and O–H groups in total. The van der Waals surface area contributed by atoms with Gasteiger partial charge in [-0.3, -0.25) is 6.08 Å². The van der Waals surface area contributed by atoms with Crippen molar-refractivity contribution < 1.29 is 16.8 Å². The van der Waals surface area contributed by atoms with Crippen molar-refractivity contribution in [3.8, 4) is 0 Å². The molecule has 95 valence electrons. The van der Waals surface area contributed by atoms with E-state index in [-0.39, 0.29) is 16.8 Å². The second-order valence-electron chi connectivity index (χ2n) is 4.75. The van der Waals surface area contributed by atoms with E-state index >= 15 is 0 Å². The molecule has 0 fully saturated rings. The van der Waals surface area contributed by atoms with Gasteiger partial charge in [0, 0.05) is 16.8 Å². The van der Waals surface area contributed by atoms with E-state index in [9.17, 15) is 0 Å². The third-order valence-corrected chi connectivity index (χ3v) is 3.56. The SMILES string of the molecule is [C-]1=C(C2C=Cc3ccccc32)C=CCCCC1.[Co]. The maximum Gasteiger partial charge on any atom is 0 e. The summed E-state index contributed by atoms with van der Waals surface area (Å²) in [5, 5.41) is 0. The first-order valence-corrected chi connectivity index (χ1v) is 6.49. The largest absolute Gasteiger partial charge is 0.271 e. The summed E-state index contributed by atoms with van der Waals surface area (Å²) in [7, 11) is 0. The Labute approximate surface area is 120 Å². The minimum Gasteiger partial charge on any atom is -0.271 e. The van der Waals surface area contributed by atoms with Gasteiger partial charge < -0.3 is 0 Å². The Hall–Kier alpha value is -1.05. The summed E-state index contributed by atoms with van der Waals surface area (Å²) in [6.45, 7) is 0. The monoisotopic (exact) mass is 280 g/mol. The third-order valence-electron chi connectivity index (χ3n) is 3.56. The van der Waals surface area contributed by atoms with Crippen molar-refractivity contribution >= 4 is 6.08 Å². The van der Waals surface area contributed by atoms with Crippen LogP contribution in [0.1, 0.15) is 42.7 Å². The van der Waals surface area contributed by atoms with Gasteiger partial charge in [0.25, 0.3) is 0 Å². The van der Waals surface area contributed by atoms with Crippen LogP contribution in [-0.4, -0.2) is 0 Å². The maximum atomic E-state index is 3.58. The zero-order valence-corrected chi connectivity index (χ0v) is 11.4. The van der Waals surface area contributed by atoms with E-state index in [0.717, 1.165) is 6.42 Å². The first-order chi connectivity index (χ1) is 8.45. The molecule has 1 atom stereocenters. The predicted molar refractivity (Wildman–Crippen MR) is 72.6 cm³/mol. The van der Waals surface area contributed by atoms with E-state index in [4.69, 9.17) is 0 Å². The number of allylic oxidation sites excluding steroid dienone is 5. The predicted octanol–water partition coefficient (Wildman–Crippen LogP) is 4.65. The summed E-state index contributed by atoms with van der Waals surface area (Å²) in [4.78, 5) is 0. The fraction of sp³-hybridized carbons (Fsp3) is 0.294. The van der Waals surface area contributed by atoms with Crippen LogP contribution in [0.3, 0.4) is 0 Å². The van der Waals surface area contributed by atoms with Gasteiger partial charge in [-0.25, -0.2) is 11.6 Å². The number of rotatable bonds is 1. The molecular formula is C17H17Co-. The van der Waals surface area contributed by atoms with Crippen molar-refractivity contribution in [3.05, 3.63) is 65.3 Å². The molecule has 0 aliphatic heterocycles. The first-order valence-electron chi connectivity index (χ1n) is 6.49. The minimum absolute atomic E-state index is 0. The van der Waals surface area contributed by atoms with Crippen LogP contribution in [0, 0.1) is 6.08 Å². The number of benzene rings is 1. The van der Waals surface area contributed by atoms with E-state index in [1.807, 2.05) is 0 Å². The molecule has 0 heterocycles. The maximum absolute atomic E-state index is 3.58. The fourth-order valence-corrected chi connectivity index (χ4v) is 2.62. The van der Waals surface area contributed by atoms with Gasteiger partial charge >= 0.3 is 0 Å². The van der Waals surface area contributed by atoms with Crippen LogP contribution >= 0.6 is 0 Å². The van der Waals surface area contributed by atoms with Crippen LogP contribution in [0.2, 0.25) is 0 Å². The molecule has 0 amide bonds. The quantitative estimate of drug-likeness (QED) is 0.657. The van der Waals surface area contributed by atoms with Crippen molar-refractivity contribution in [2.24, 2.45) is 0 Å². The second kappa shape index (κ2) is 6.21. The Kier molecular flexibility index (Phi) is 4.62. The van der Waals surface area contributed by atoms with Crippen molar-refractivity contribution in [2.45, 2.75) is 31.6 Å². The summed E-state index contributed by atoms with van der Waals surface area (Å²) in [6, 6.07) is 8.67. The van der Waals surface area contributed by atoms with Crippen LogP contribution < -0.4 is 0 Å². The van der Waals surface area contributed by atoms with Crippen LogP contribution in [0.25, 0.3) is 6.08 Å². The van der Waals surface area contributed by atoms with Gasteiger partial charge in [0.1, 0.15) is 0 Å². The van der Waals surface area contributed by atoms with E-state index in [2.05, 4.69) is 54.6 Å². The Bertz CT molecular complexity index is 494. The average Bonchev–Trinajstić information content (AvgIpc) is 2.73. The number of hydrogen-bond acceptors (Lipinski definition) is 0. The Balaban J connectivity index is 0.00000120. The Morgan fingerprint density at radius 1 is 1.06 bits per heavy atom. The molecule has 1 unspecified atom stereocenters. The Morgan fingerprint density at radius 3 is 2.89 bits per heavy atom. The van der Waals surface area contributed by atoms with E-state index in [1.54, 1.807) is 0 Å². The van der Waals surface area contributed by atoms with E-state index in [1.165, 1.54) is 36.0 Å². The molecule has 1 radical (unpaired) electrons. The van der Waals surface area contributed by atoms with Crippen LogP contribution in [0.15, 0.2) is 48.1 Å². The Morgan fingerprint density at radius 2 is 1.94 bits per heavy atom. The molecule has 1 heteroatoms.